The molecule has 0 aliphatic heterocycles. The number of carbonyl (C=O) groups excluding carboxylic acids is 1. The number of carbonyl (C=O) groups is 1. The summed E-state index contributed by atoms with van der Waals surface area (Å²) in [5.74, 6) is -0.128. The van der Waals surface area contributed by atoms with Gasteiger partial charge in [-0.15, -0.1) is 0 Å². The molecule has 2 aromatic heterocycles. The number of sulfonamides is 1. The van der Waals surface area contributed by atoms with Gasteiger partial charge in [-0.3, -0.25) is 14.4 Å². The Morgan fingerprint density at radius 3 is 2.51 bits per heavy atom. The lowest BCUT2D eigenvalue weighted by molar-refractivity contribution is -0.137. The van der Waals surface area contributed by atoms with Gasteiger partial charge in [-0.05, 0) is 42.8 Å². The van der Waals surface area contributed by atoms with Gasteiger partial charge >= 0.3 is 6.18 Å². The fourth-order valence-corrected chi connectivity index (χ4v) is 3.90. The van der Waals surface area contributed by atoms with E-state index in [1.165, 1.54) is 24.7 Å². The lowest BCUT2D eigenvalue weighted by Crippen LogP contribution is -2.17. The highest BCUT2D eigenvalue weighted by Crippen LogP contribution is 2.36. The zero-order valence-electron chi connectivity index (χ0n) is 19.4. The van der Waals surface area contributed by atoms with Crippen LogP contribution < -0.4 is 14.9 Å². The number of nitrogens with one attached hydrogen (secondary N) is 3. The Labute approximate surface area is 209 Å². The molecule has 0 fully saturated rings. The lowest BCUT2D eigenvalue weighted by atomic mass is 10.1. The topological polar surface area (TPSA) is 133 Å². The number of benzene rings is 2. The molecule has 2 aromatic carbocycles. The average molecular weight is 532 g/mol. The van der Waals surface area contributed by atoms with E-state index in [-0.39, 0.29) is 17.2 Å². The second kappa shape index (κ2) is 9.89. The van der Waals surface area contributed by atoms with E-state index in [4.69, 9.17) is 0 Å². The standard InChI is InChI=1S/C23H20F3N7O3S/c1-14-6-7-17(31-21(34)15-4-3-5-16(10-15)23(24,25)26)11-18(14)33(22-27-8-9-28-22)20-12-19(29-13-30-20)32-37(2,35)36/h3-13H,1-2H3,(H,27,28)(H,31,34)(H,29,30,32). The van der Waals surface area contributed by atoms with Crippen molar-refractivity contribution in [1.82, 2.24) is 19.9 Å². The molecule has 0 radical (unpaired) electrons. The summed E-state index contributed by atoms with van der Waals surface area (Å²) in [4.78, 5) is 29.7. The van der Waals surface area contributed by atoms with Gasteiger partial charge in [-0.25, -0.2) is 23.4 Å². The van der Waals surface area contributed by atoms with Crippen LogP contribution in [0.5, 0.6) is 0 Å². The summed E-state index contributed by atoms with van der Waals surface area (Å²) in [5, 5.41) is 2.61. The Morgan fingerprint density at radius 1 is 1.05 bits per heavy atom. The molecule has 14 heteroatoms. The Kier molecular flexibility index (Phi) is 6.85. The van der Waals surface area contributed by atoms with Crippen molar-refractivity contribution in [2.24, 2.45) is 0 Å². The molecule has 0 spiro atoms. The molecule has 0 bridgehead atoms. The van der Waals surface area contributed by atoms with Gasteiger partial charge < -0.3 is 10.3 Å². The van der Waals surface area contributed by atoms with Gasteiger partial charge in [0.25, 0.3) is 5.91 Å². The predicted octanol–water partition coefficient (Wildman–Crippen LogP) is 4.62. The fraction of sp³-hybridized carbons (Fsp3) is 0.130. The lowest BCUT2D eigenvalue weighted by Gasteiger charge is -2.24. The molecule has 2 heterocycles. The highest BCUT2D eigenvalue weighted by Gasteiger charge is 2.31. The predicted molar refractivity (Wildman–Crippen MR) is 131 cm³/mol. The minimum Gasteiger partial charge on any atom is -0.330 e. The normalized spacial score (nSPS) is 11.7. The number of alkyl halides is 3. The van der Waals surface area contributed by atoms with Crippen molar-refractivity contribution >= 4 is 44.9 Å². The van der Waals surface area contributed by atoms with Gasteiger partial charge in [0.05, 0.1) is 17.5 Å². The monoisotopic (exact) mass is 531 g/mol. The smallest absolute Gasteiger partial charge is 0.330 e. The van der Waals surface area contributed by atoms with E-state index in [0.29, 0.717) is 17.3 Å². The Balaban J connectivity index is 1.71. The zero-order chi connectivity index (χ0) is 26.8. The molecular weight excluding hydrogens is 511 g/mol. The van der Waals surface area contributed by atoms with Crippen molar-refractivity contribution in [2.75, 3.05) is 21.2 Å². The molecule has 192 valence electrons. The Morgan fingerprint density at radius 2 is 1.84 bits per heavy atom. The molecule has 37 heavy (non-hydrogen) atoms. The SMILES string of the molecule is Cc1ccc(NC(=O)c2cccc(C(F)(F)F)c2)cc1N(c1cc(NS(C)(=O)=O)ncn1)c1ncc[nH]1. The van der Waals surface area contributed by atoms with E-state index in [2.05, 4.69) is 30.0 Å². The molecule has 0 saturated heterocycles. The number of H-pyrrole nitrogens is 1. The third kappa shape index (κ3) is 6.22. The molecule has 4 rings (SSSR count). The number of amides is 1. The number of aromatic nitrogens is 4. The van der Waals surface area contributed by atoms with Crippen LogP contribution in [0, 0.1) is 6.92 Å². The summed E-state index contributed by atoms with van der Waals surface area (Å²) in [6, 6.07) is 10.4. The minimum absolute atomic E-state index is 0.0238. The van der Waals surface area contributed by atoms with Gasteiger partial charge in [0, 0.05) is 29.7 Å². The molecule has 0 saturated carbocycles. The van der Waals surface area contributed by atoms with E-state index < -0.39 is 27.7 Å². The molecule has 0 atom stereocenters. The van der Waals surface area contributed by atoms with E-state index in [1.54, 1.807) is 36.2 Å². The second-order valence-electron chi connectivity index (χ2n) is 7.92. The van der Waals surface area contributed by atoms with Gasteiger partial charge in [-0.2, -0.15) is 13.2 Å². The van der Waals surface area contributed by atoms with Crippen LogP contribution in [-0.2, 0) is 16.2 Å². The number of imidazole rings is 1. The molecular formula is C23H20F3N7O3S. The number of anilines is 5. The van der Waals surface area contributed by atoms with E-state index in [9.17, 15) is 26.4 Å². The first-order chi connectivity index (χ1) is 17.4. The maximum Gasteiger partial charge on any atom is 0.416 e. The van der Waals surface area contributed by atoms with Crippen molar-refractivity contribution in [2.45, 2.75) is 13.1 Å². The molecule has 0 unspecified atom stereocenters. The van der Waals surface area contributed by atoms with Crippen LogP contribution in [-0.4, -0.2) is 40.5 Å². The first-order valence-corrected chi connectivity index (χ1v) is 12.5. The number of hydrogen-bond acceptors (Lipinski definition) is 7. The van der Waals surface area contributed by atoms with Gasteiger partial charge in [0.1, 0.15) is 18.0 Å². The van der Waals surface area contributed by atoms with Crippen LogP contribution in [0.2, 0.25) is 0 Å². The largest absolute Gasteiger partial charge is 0.416 e. The first kappa shape index (κ1) is 25.6. The van der Waals surface area contributed by atoms with E-state index >= 15 is 0 Å². The van der Waals surface area contributed by atoms with Crippen LogP contribution in [0.1, 0.15) is 21.5 Å². The number of aromatic amines is 1. The van der Waals surface area contributed by atoms with Crippen LogP contribution in [0.4, 0.5) is 42.1 Å². The third-order valence-electron chi connectivity index (χ3n) is 5.03. The summed E-state index contributed by atoms with van der Waals surface area (Å²) in [6.45, 7) is 1.79. The molecule has 1 amide bonds. The average Bonchev–Trinajstić information content (AvgIpc) is 3.34. The summed E-state index contributed by atoms with van der Waals surface area (Å²) in [7, 11) is -3.61. The van der Waals surface area contributed by atoms with Crippen molar-refractivity contribution in [3.8, 4) is 0 Å². The molecule has 10 nitrogen and oxygen atoms in total. The van der Waals surface area contributed by atoms with Crippen molar-refractivity contribution < 1.29 is 26.4 Å². The van der Waals surface area contributed by atoms with Crippen molar-refractivity contribution in [3.63, 3.8) is 0 Å². The zero-order valence-corrected chi connectivity index (χ0v) is 20.2. The maximum absolute atomic E-state index is 13.1. The quantitative estimate of drug-likeness (QED) is 0.317. The third-order valence-corrected chi connectivity index (χ3v) is 5.61. The van der Waals surface area contributed by atoms with Gasteiger partial charge in [0.15, 0.2) is 0 Å². The summed E-state index contributed by atoms with van der Waals surface area (Å²) < 4.78 is 64.8. The molecule has 4 aromatic rings. The molecule has 0 aliphatic rings. The maximum atomic E-state index is 13.1. The van der Waals surface area contributed by atoms with E-state index in [0.717, 1.165) is 30.0 Å². The molecule has 3 N–H and O–H groups in total. The first-order valence-electron chi connectivity index (χ1n) is 10.6. The number of hydrogen-bond donors (Lipinski definition) is 3. The number of halogens is 3. The van der Waals surface area contributed by atoms with Crippen LogP contribution >= 0.6 is 0 Å². The highest BCUT2D eigenvalue weighted by molar-refractivity contribution is 7.92. The van der Waals surface area contributed by atoms with Gasteiger partial charge in [-0.1, -0.05) is 12.1 Å². The fourth-order valence-electron chi connectivity index (χ4n) is 3.41. The van der Waals surface area contributed by atoms with Crippen LogP contribution in [0.3, 0.4) is 0 Å². The van der Waals surface area contributed by atoms with Gasteiger partial charge in [0.2, 0.25) is 16.0 Å². The number of nitrogens with zero attached hydrogens (tertiary/aromatic N) is 4. The number of rotatable bonds is 7. The Bertz CT molecular complexity index is 1540. The molecule has 0 aliphatic carbocycles. The number of aryl methyl sites for hydroxylation is 1. The van der Waals surface area contributed by atoms with Crippen molar-refractivity contribution in [1.29, 1.82) is 0 Å². The summed E-state index contributed by atoms with van der Waals surface area (Å²) in [5.41, 5.74) is 0.428. The van der Waals surface area contributed by atoms with E-state index in [1.807, 2.05) is 0 Å². The minimum atomic E-state index is -4.58. The van der Waals surface area contributed by atoms with Crippen molar-refractivity contribution in [3.05, 3.63) is 83.9 Å². The van der Waals surface area contributed by atoms with Crippen LogP contribution in [0.15, 0.2) is 67.3 Å². The Hall–Kier alpha value is -4.46. The second-order valence-corrected chi connectivity index (χ2v) is 9.67. The summed E-state index contributed by atoms with van der Waals surface area (Å²) in [6.07, 6.45) is 0.661. The summed E-state index contributed by atoms with van der Waals surface area (Å²) >= 11 is 0. The van der Waals surface area contributed by atoms with Crippen LogP contribution in [0.25, 0.3) is 0 Å². The highest BCUT2D eigenvalue weighted by atomic mass is 32.2.